The standard InChI is InChI=1S/C21H30ClNO/c1-2-3-4-5-6-7-8-9-10-11-13-17-16-19(22)18-14-12-15-23-20(18)21(17)24/h12,14-16,24H,2-11,13H2,1H3. The van der Waals surface area contributed by atoms with Crippen molar-refractivity contribution in [3.05, 3.63) is 35.0 Å². The van der Waals surface area contributed by atoms with Crippen molar-refractivity contribution in [1.82, 2.24) is 4.98 Å². The Kier molecular flexibility index (Phi) is 8.38. The van der Waals surface area contributed by atoms with Crippen molar-refractivity contribution in [3.8, 4) is 5.75 Å². The first-order valence-corrected chi connectivity index (χ1v) is 9.87. The van der Waals surface area contributed by atoms with Gasteiger partial charge in [0.15, 0.2) is 0 Å². The van der Waals surface area contributed by atoms with Crippen LogP contribution in [0, 0.1) is 0 Å². The smallest absolute Gasteiger partial charge is 0.145 e. The van der Waals surface area contributed by atoms with Crippen LogP contribution in [0.4, 0.5) is 0 Å². The van der Waals surface area contributed by atoms with Crippen LogP contribution in [0.2, 0.25) is 5.02 Å². The van der Waals surface area contributed by atoms with E-state index >= 15 is 0 Å². The van der Waals surface area contributed by atoms with Gasteiger partial charge in [-0.15, -0.1) is 0 Å². The highest BCUT2D eigenvalue weighted by Gasteiger charge is 2.10. The van der Waals surface area contributed by atoms with Crippen molar-refractivity contribution >= 4 is 22.5 Å². The normalized spacial score (nSPS) is 11.2. The summed E-state index contributed by atoms with van der Waals surface area (Å²) in [6.45, 7) is 2.26. The predicted molar refractivity (Wildman–Crippen MR) is 104 cm³/mol. The molecule has 0 radical (unpaired) electrons. The van der Waals surface area contributed by atoms with Crippen molar-refractivity contribution in [3.63, 3.8) is 0 Å². The Hall–Kier alpha value is -1.28. The number of aromatic hydroxyl groups is 1. The van der Waals surface area contributed by atoms with Gasteiger partial charge in [0.1, 0.15) is 11.3 Å². The van der Waals surface area contributed by atoms with Gasteiger partial charge < -0.3 is 5.11 Å². The Bertz CT molecular complexity index is 627. The van der Waals surface area contributed by atoms with Gasteiger partial charge in [-0.05, 0) is 36.6 Å². The minimum Gasteiger partial charge on any atom is -0.505 e. The number of phenolic OH excluding ortho intramolecular Hbond substituents is 1. The zero-order valence-electron chi connectivity index (χ0n) is 14.9. The summed E-state index contributed by atoms with van der Waals surface area (Å²) in [6.07, 6.45) is 15.7. The molecule has 1 aromatic heterocycles. The number of rotatable bonds is 11. The predicted octanol–water partition coefficient (Wildman–Crippen LogP) is 7.06. The summed E-state index contributed by atoms with van der Waals surface area (Å²) in [7, 11) is 0. The fourth-order valence-electron chi connectivity index (χ4n) is 3.23. The highest BCUT2D eigenvalue weighted by molar-refractivity contribution is 6.35. The molecule has 3 heteroatoms. The van der Waals surface area contributed by atoms with Gasteiger partial charge >= 0.3 is 0 Å². The maximum atomic E-state index is 10.4. The summed E-state index contributed by atoms with van der Waals surface area (Å²) in [5.41, 5.74) is 1.54. The second-order valence-electron chi connectivity index (χ2n) is 6.70. The minimum absolute atomic E-state index is 0.297. The molecule has 2 nitrogen and oxygen atoms in total. The number of nitrogens with zero attached hydrogens (tertiary/aromatic N) is 1. The van der Waals surface area contributed by atoms with Gasteiger partial charge in [0.05, 0.1) is 5.02 Å². The first-order chi connectivity index (χ1) is 11.7. The van der Waals surface area contributed by atoms with Crippen molar-refractivity contribution in [2.75, 3.05) is 0 Å². The second kappa shape index (κ2) is 10.6. The fourth-order valence-corrected chi connectivity index (χ4v) is 3.52. The zero-order valence-corrected chi connectivity index (χ0v) is 15.6. The molecule has 1 heterocycles. The number of aromatic nitrogens is 1. The molecule has 0 unspecified atom stereocenters. The van der Waals surface area contributed by atoms with Crippen molar-refractivity contribution in [2.45, 2.75) is 77.6 Å². The third-order valence-corrected chi connectivity index (χ3v) is 5.01. The minimum atomic E-state index is 0.297. The number of fused-ring (bicyclic) bond motifs is 1. The lowest BCUT2D eigenvalue weighted by Crippen LogP contribution is -1.91. The molecule has 0 aliphatic rings. The first-order valence-electron chi connectivity index (χ1n) is 9.49. The number of unbranched alkanes of at least 4 members (excludes halogenated alkanes) is 9. The molecule has 0 amide bonds. The van der Waals surface area contributed by atoms with E-state index in [-0.39, 0.29) is 0 Å². The Morgan fingerprint density at radius 2 is 1.58 bits per heavy atom. The van der Waals surface area contributed by atoms with Gasteiger partial charge in [-0.3, -0.25) is 4.98 Å². The maximum Gasteiger partial charge on any atom is 0.145 e. The molecule has 0 saturated heterocycles. The first kappa shape index (κ1) is 19.1. The van der Waals surface area contributed by atoms with Crippen LogP contribution in [0.3, 0.4) is 0 Å². The number of halogens is 1. The van der Waals surface area contributed by atoms with Crippen molar-refractivity contribution in [2.24, 2.45) is 0 Å². The monoisotopic (exact) mass is 347 g/mol. The number of hydrogen-bond acceptors (Lipinski definition) is 2. The zero-order chi connectivity index (χ0) is 17.2. The molecule has 0 saturated carbocycles. The summed E-state index contributed by atoms with van der Waals surface area (Å²) in [5, 5.41) is 11.9. The summed E-state index contributed by atoms with van der Waals surface area (Å²) < 4.78 is 0. The third kappa shape index (κ3) is 5.66. The second-order valence-corrected chi connectivity index (χ2v) is 7.10. The molecule has 1 aromatic carbocycles. The third-order valence-electron chi connectivity index (χ3n) is 4.69. The van der Waals surface area contributed by atoms with E-state index in [1.54, 1.807) is 6.20 Å². The van der Waals surface area contributed by atoms with Gasteiger partial charge in [0.25, 0.3) is 0 Å². The van der Waals surface area contributed by atoms with Gasteiger partial charge in [-0.1, -0.05) is 76.3 Å². The lowest BCUT2D eigenvalue weighted by atomic mass is 10.0. The van der Waals surface area contributed by atoms with E-state index in [4.69, 9.17) is 11.6 Å². The molecule has 0 aliphatic heterocycles. The van der Waals surface area contributed by atoms with Crippen LogP contribution in [-0.4, -0.2) is 10.1 Å². The van der Waals surface area contributed by atoms with Crippen LogP contribution in [0.1, 0.15) is 76.7 Å². The molecule has 0 atom stereocenters. The molecule has 24 heavy (non-hydrogen) atoms. The van der Waals surface area contributed by atoms with Crippen LogP contribution in [-0.2, 0) is 6.42 Å². The Morgan fingerprint density at radius 1 is 0.958 bits per heavy atom. The SMILES string of the molecule is CCCCCCCCCCCCc1cc(Cl)c2cccnc2c1O. The van der Waals surface area contributed by atoms with Crippen molar-refractivity contribution < 1.29 is 5.11 Å². The van der Waals surface area contributed by atoms with Crippen molar-refractivity contribution in [1.29, 1.82) is 0 Å². The molecule has 0 fully saturated rings. The topological polar surface area (TPSA) is 33.1 Å². The molecular weight excluding hydrogens is 318 g/mol. The van der Waals surface area contributed by atoms with Crippen LogP contribution >= 0.6 is 11.6 Å². The van der Waals surface area contributed by atoms with E-state index in [0.29, 0.717) is 16.3 Å². The Balaban J connectivity index is 1.70. The van der Waals surface area contributed by atoms with Crippen LogP contribution in [0.25, 0.3) is 10.9 Å². The molecule has 0 spiro atoms. The summed E-state index contributed by atoms with van der Waals surface area (Å²) >= 11 is 6.32. The van der Waals surface area contributed by atoms with Crippen LogP contribution in [0.15, 0.2) is 24.4 Å². The van der Waals surface area contributed by atoms with E-state index in [0.717, 1.165) is 23.8 Å². The highest BCUT2D eigenvalue weighted by Crippen LogP contribution is 2.33. The van der Waals surface area contributed by atoms with Gasteiger partial charge in [0.2, 0.25) is 0 Å². The lowest BCUT2D eigenvalue weighted by molar-refractivity contribution is 0.471. The van der Waals surface area contributed by atoms with Gasteiger partial charge in [-0.25, -0.2) is 0 Å². The molecule has 2 rings (SSSR count). The molecule has 0 aliphatic carbocycles. The van der Waals surface area contributed by atoms with Gasteiger partial charge in [0, 0.05) is 11.6 Å². The van der Waals surface area contributed by atoms with E-state index < -0.39 is 0 Å². The summed E-state index contributed by atoms with van der Waals surface area (Å²) in [6, 6.07) is 5.64. The molecule has 1 N–H and O–H groups in total. The van der Waals surface area contributed by atoms with E-state index in [1.807, 2.05) is 18.2 Å². The molecular formula is C21H30ClNO. The maximum absolute atomic E-state index is 10.4. The number of benzene rings is 1. The number of pyridine rings is 1. The lowest BCUT2D eigenvalue weighted by Gasteiger charge is -2.09. The van der Waals surface area contributed by atoms with E-state index in [9.17, 15) is 5.11 Å². The van der Waals surface area contributed by atoms with E-state index in [1.165, 1.54) is 57.8 Å². The number of phenols is 1. The fraction of sp³-hybridized carbons (Fsp3) is 0.571. The van der Waals surface area contributed by atoms with Crippen LogP contribution < -0.4 is 0 Å². The summed E-state index contributed by atoms with van der Waals surface area (Å²) in [4.78, 5) is 4.27. The average Bonchev–Trinajstić information content (AvgIpc) is 2.60. The largest absolute Gasteiger partial charge is 0.505 e. The quantitative estimate of drug-likeness (QED) is 0.441. The number of hydrogen-bond donors (Lipinski definition) is 1. The number of aryl methyl sites for hydroxylation is 1. The molecule has 0 bridgehead atoms. The molecule has 2 aromatic rings. The van der Waals surface area contributed by atoms with E-state index in [2.05, 4.69) is 11.9 Å². The Morgan fingerprint density at radius 3 is 2.25 bits per heavy atom. The van der Waals surface area contributed by atoms with Gasteiger partial charge in [-0.2, -0.15) is 0 Å². The van der Waals surface area contributed by atoms with Crippen LogP contribution in [0.5, 0.6) is 5.75 Å². The average molecular weight is 348 g/mol. The molecule has 132 valence electrons. The summed E-state index contributed by atoms with van der Waals surface area (Å²) in [5.74, 6) is 0.297. The Labute approximate surface area is 151 Å². The highest BCUT2D eigenvalue weighted by atomic mass is 35.5.